The van der Waals surface area contributed by atoms with Gasteiger partial charge < -0.3 is 14.2 Å². The van der Waals surface area contributed by atoms with E-state index in [4.69, 9.17) is 21.1 Å². The number of carbonyl (C=O) groups is 1. The van der Waals surface area contributed by atoms with E-state index in [0.717, 1.165) is 0 Å². The van der Waals surface area contributed by atoms with Gasteiger partial charge in [-0.3, -0.25) is 10.1 Å². The second kappa shape index (κ2) is 8.41. The molecule has 0 atom stereocenters. The predicted molar refractivity (Wildman–Crippen MR) is 102 cm³/mol. The van der Waals surface area contributed by atoms with Gasteiger partial charge in [0.25, 0.3) is 5.69 Å². The van der Waals surface area contributed by atoms with Crippen LogP contribution in [0.1, 0.15) is 10.4 Å². The molecule has 0 fully saturated rings. The lowest BCUT2D eigenvalue weighted by Crippen LogP contribution is -2.00. The zero-order chi connectivity index (χ0) is 20.1. The van der Waals surface area contributed by atoms with Gasteiger partial charge in [0.05, 0.1) is 29.7 Å². The van der Waals surface area contributed by atoms with E-state index in [1.54, 1.807) is 36.4 Å². The Labute approximate surface area is 165 Å². The van der Waals surface area contributed by atoms with Crippen molar-refractivity contribution in [2.45, 2.75) is 0 Å². The Morgan fingerprint density at radius 2 is 1.54 bits per heavy atom. The summed E-state index contributed by atoms with van der Waals surface area (Å²) in [7, 11) is 1.29. The number of nitrogens with zero attached hydrogens (tertiary/aromatic N) is 1. The van der Waals surface area contributed by atoms with Crippen LogP contribution in [0.15, 0.2) is 66.7 Å². The van der Waals surface area contributed by atoms with E-state index in [9.17, 15) is 14.9 Å². The Bertz CT molecular complexity index is 1020. The topological polar surface area (TPSA) is 87.9 Å². The molecule has 0 unspecified atom stereocenters. The lowest BCUT2D eigenvalue weighted by Gasteiger charge is -2.10. The number of benzene rings is 3. The standard InChI is InChI=1S/C20H14ClNO6/c1-26-20(23)13-5-7-16(8-6-13)27-18-10-15(22(24)25)11-19(12-18)28-17-4-2-3-14(21)9-17/h2-12H,1H3. The first kappa shape index (κ1) is 19.2. The molecule has 0 aliphatic heterocycles. The minimum absolute atomic E-state index is 0.194. The molecule has 3 rings (SSSR count). The largest absolute Gasteiger partial charge is 0.465 e. The van der Waals surface area contributed by atoms with Crippen molar-refractivity contribution in [3.05, 3.63) is 87.4 Å². The van der Waals surface area contributed by atoms with Crippen LogP contribution >= 0.6 is 11.6 Å². The van der Waals surface area contributed by atoms with Crippen molar-refractivity contribution in [1.29, 1.82) is 0 Å². The van der Waals surface area contributed by atoms with Gasteiger partial charge in [0.2, 0.25) is 0 Å². The van der Waals surface area contributed by atoms with E-state index >= 15 is 0 Å². The zero-order valence-corrected chi connectivity index (χ0v) is 15.4. The molecule has 0 aliphatic carbocycles. The molecule has 28 heavy (non-hydrogen) atoms. The Hall–Kier alpha value is -3.58. The van der Waals surface area contributed by atoms with E-state index in [2.05, 4.69) is 4.74 Å². The molecule has 0 saturated heterocycles. The number of nitro groups is 1. The lowest BCUT2D eigenvalue weighted by molar-refractivity contribution is -0.385. The number of nitro benzene ring substituents is 1. The average Bonchev–Trinajstić information content (AvgIpc) is 2.68. The molecule has 3 aromatic rings. The monoisotopic (exact) mass is 399 g/mol. The molecule has 0 amide bonds. The van der Waals surface area contributed by atoms with Gasteiger partial charge in [-0.05, 0) is 42.5 Å². The van der Waals surface area contributed by atoms with Crippen LogP contribution in [0, 0.1) is 10.1 Å². The molecule has 0 heterocycles. The third kappa shape index (κ3) is 4.77. The van der Waals surface area contributed by atoms with Gasteiger partial charge in [0, 0.05) is 11.1 Å². The van der Waals surface area contributed by atoms with Crippen LogP contribution in [0.4, 0.5) is 5.69 Å². The van der Waals surface area contributed by atoms with Crippen molar-refractivity contribution in [2.24, 2.45) is 0 Å². The maximum atomic E-state index is 11.5. The molecule has 0 N–H and O–H groups in total. The first-order valence-electron chi connectivity index (χ1n) is 8.04. The summed E-state index contributed by atoms with van der Waals surface area (Å²) in [6.45, 7) is 0. The second-order valence-corrected chi connectivity index (χ2v) is 6.03. The molecule has 0 bridgehead atoms. The summed E-state index contributed by atoms with van der Waals surface area (Å²) in [4.78, 5) is 22.2. The third-order valence-electron chi connectivity index (χ3n) is 3.62. The highest BCUT2D eigenvalue weighted by atomic mass is 35.5. The summed E-state index contributed by atoms with van der Waals surface area (Å²) in [5.41, 5.74) is 0.166. The third-order valence-corrected chi connectivity index (χ3v) is 3.85. The minimum atomic E-state index is -0.544. The molecule has 3 aromatic carbocycles. The van der Waals surface area contributed by atoms with Crippen LogP contribution in [0.2, 0.25) is 5.02 Å². The second-order valence-electron chi connectivity index (χ2n) is 5.60. The van der Waals surface area contributed by atoms with Crippen LogP contribution in [-0.4, -0.2) is 18.0 Å². The van der Waals surface area contributed by atoms with Crippen molar-refractivity contribution >= 4 is 23.3 Å². The number of rotatable bonds is 6. The normalized spacial score (nSPS) is 10.2. The van der Waals surface area contributed by atoms with Gasteiger partial charge in [-0.1, -0.05) is 17.7 Å². The number of hydrogen-bond donors (Lipinski definition) is 0. The zero-order valence-electron chi connectivity index (χ0n) is 14.6. The Morgan fingerprint density at radius 1 is 0.893 bits per heavy atom. The molecule has 0 spiro atoms. The number of ether oxygens (including phenoxy) is 3. The molecule has 8 heteroatoms. The molecule has 7 nitrogen and oxygen atoms in total. The van der Waals surface area contributed by atoms with Gasteiger partial charge in [-0.2, -0.15) is 0 Å². The van der Waals surface area contributed by atoms with Gasteiger partial charge in [0.15, 0.2) is 0 Å². The summed E-state index contributed by atoms with van der Waals surface area (Å²) in [6.07, 6.45) is 0. The van der Waals surface area contributed by atoms with Crippen LogP contribution < -0.4 is 9.47 Å². The maximum absolute atomic E-state index is 11.5. The fourth-order valence-electron chi connectivity index (χ4n) is 2.36. The van der Waals surface area contributed by atoms with Gasteiger partial charge in [0.1, 0.15) is 23.0 Å². The number of hydrogen-bond acceptors (Lipinski definition) is 6. The molecular formula is C20H14ClNO6. The Kier molecular flexibility index (Phi) is 5.76. The van der Waals surface area contributed by atoms with E-state index in [0.29, 0.717) is 22.1 Å². The Balaban J connectivity index is 1.86. The number of halogens is 1. The molecule has 0 radical (unpaired) electrons. The first-order valence-corrected chi connectivity index (χ1v) is 8.41. The van der Waals surface area contributed by atoms with Gasteiger partial charge in [-0.15, -0.1) is 0 Å². The molecular weight excluding hydrogens is 386 g/mol. The number of esters is 1. The molecule has 142 valence electrons. The maximum Gasteiger partial charge on any atom is 0.337 e. The van der Waals surface area contributed by atoms with Crippen LogP contribution in [-0.2, 0) is 4.74 Å². The summed E-state index contributed by atoms with van der Waals surface area (Å²) >= 11 is 5.93. The molecule has 0 aromatic heterocycles. The Morgan fingerprint density at radius 3 is 2.11 bits per heavy atom. The van der Waals surface area contributed by atoms with Crippen molar-refractivity contribution < 1.29 is 23.9 Å². The van der Waals surface area contributed by atoms with E-state index in [1.165, 1.54) is 37.4 Å². The summed E-state index contributed by atoms with van der Waals surface area (Å²) in [5, 5.41) is 11.7. The number of methoxy groups -OCH3 is 1. The molecule has 0 saturated carbocycles. The van der Waals surface area contributed by atoms with E-state index in [1.807, 2.05) is 0 Å². The minimum Gasteiger partial charge on any atom is -0.465 e. The summed E-state index contributed by atoms with van der Waals surface area (Å²) in [5.74, 6) is 0.775. The highest BCUT2D eigenvalue weighted by Crippen LogP contribution is 2.33. The summed E-state index contributed by atoms with van der Waals surface area (Å²) in [6, 6.07) is 16.9. The van der Waals surface area contributed by atoms with Gasteiger partial charge >= 0.3 is 5.97 Å². The fraction of sp³-hybridized carbons (Fsp3) is 0.0500. The number of non-ortho nitro benzene ring substituents is 1. The van der Waals surface area contributed by atoms with Crippen LogP contribution in [0.3, 0.4) is 0 Å². The molecule has 0 aliphatic rings. The highest BCUT2D eigenvalue weighted by molar-refractivity contribution is 6.30. The summed E-state index contributed by atoms with van der Waals surface area (Å²) < 4.78 is 16.0. The van der Waals surface area contributed by atoms with E-state index < -0.39 is 10.9 Å². The lowest BCUT2D eigenvalue weighted by atomic mass is 10.2. The van der Waals surface area contributed by atoms with Crippen molar-refractivity contribution in [2.75, 3.05) is 7.11 Å². The smallest absolute Gasteiger partial charge is 0.337 e. The van der Waals surface area contributed by atoms with Crippen molar-refractivity contribution in [3.8, 4) is 23.0 Å². The quantitative estimate of drug-likeness (QED) is 0.303. The van der Waals surface area contributed by atoms with Crippen LogP contribution in [0.25, 0.3) is 0 Å². The number of carbonyl (C=O) groups excluding carboxylic acids is 1. The SMILES string of the molecule is COC(=O)c1ccc(Oc2cc(Oc3cccc(Cl)c3)cc([N+](=O)[O-])c2)cc1. The van der Waals surface area contributed by atoms with Crippen molar-refractivity contribution in [1.82, 2.24) is 0 Å². The van der Waals surface area contributed by atoms with Crippen molar-refractivity contribution in [3.63, 3.8) is 0 Å². The first-order chi connectivity index (χ1) is 13.4. The highest BCUT2D eigenvalue weighted by Gasteiger charge is 2.13. The fourth-order valence-corrected chi connectivity index (χ4v) is 2.54. The average molecular weight is 400 g/mol. The van der Waals surface area contributed by atoms with Crippen LogP contribution in [0.5, 0.6) is 23.0 Å². The van der Waals surface area contributed by atoms with Gasteiger partial charge in [-0.25, -0.2) is 4.79 Å². The van der Waals surface area contributed by atoms with E-state index in [-0.39, 0.29) is 17.2 Å². The predicted octanol–water partition coefficient (Wildman–Crippen LogP) is 5.62.